The van der Waals surface area contributed by atoms with Crippen LogP contribution in [0.3, 0.4) is 0 Å². The van der Waals surface area contributed by atoms with E-state index >= 15 is 0 Å². The molecule has 0 saturated heterocycles. The second-order valence-corrected chi connectivity index (χ2v) is 7.12. The van der Waals surface area contributed by atoms with E-state index in [0.29, 0.717) is 23.2 Å². The van der Waals surface area contributed by atoms with E-state index in [1.165, 1.54) is 0 Å². The van der Waals surface area contributed by atoms with Gasteiger partial charge in [-0.3, -0.25) is 0 Å². The number of aliphatic hydroxyl groups is 1. The number of allylic oxidation sites excluding steroid dienone is 2. The number of hydrogen-bond donors (Lipinski definition) is 3. The van der Waals surface area contributed by atoms with Gasteiger partial charge in [-0.1, -0.05) is 26.0 Å². The summed E-state index contributed by atoms with van der Waals surface area (Å²) in [5, 5.41) is 15.2. The van der Waals surface area contributed by atoms with Crippen LogP contribution in [0.5, 0.6) is 0 Å². The molecule has 0 fully saturated rings. The van der Waals surface area contributed by atoms with Crippen molar-refractivity contribution < 1.29 is 13.9 Å². The lowest BCUT2D eigenvalue weighted by Gasteiger charge is -2.13. The maximum atomic E-state index is 14.3. The Balaban J connectivity index is 1.53. The molecule has 1 aliphatic rings. The molecule has 6 nitrogen and oxygen atoms in total. The van der Waals surface area contributed by atoms with E-state index in [-0.39, 0.29) is 11.8 Å². The molecule has 29 heavy (non-hydrogen) atoms. The minimum atomic E-state index is -0.532. The van der Waals surface area contributed by atoms with Gasteiger partial charge in [0.15, 0.2) is 17.1 Å². The maximum Gasteiger partial charge on any atom is 0.229 e. The second kappa shape index (κ2) is 7.79. The molecular weight excluding hydrogens is 371 g/mol. The zero-order chi connectivity index (χ0) is 20.4. The summed E-state index contributed by atoms with van der Waals surface area (Å²) in [6.45, 7) is 4.21. The van der Waals surface area contributed by atoms with Crippen LogP contribution < -0.4 is 21.5 Å². The number of aromatic nitrogens is 2. The minimum Gasteiger partial charge on any atom is -0.512 e. The van der Waals surface area contributed by atoms with Crippen LogP contribution in [-0.2, 0) is 6.42 Å². The van der Waals surface area contributed by atoms with Gasteiger partial charge < -0.3 is 20.2 Å². The van der Waals surface area contributed by atoms with Crippen LogP contribution in [0.2, 0.25) is 0 Å². The molecular formula is C22H21FN4O2. The highest BCUT2D eigenvalue weighted by molar-refractivity contribution is 5.59. The Labute approximate surface area is 167 Å². The van der Waals surface area contributed by atoms with Crippen molar-refractivity contribution in [2.24, 2.45) is 0 Å². The molecule has 0 spiro atoms. The first-order valence-corrected chi connectivity index (χ1v) is 9.32. The number of nitrogens with one attached hydrogen (secondary N) is 2. The van der Waals surface area contributed by atoms with Crippen molar-refractivity contribution in [1.82, 2.24) is 9.97 Å². The van der Waals surface area contributed by atoms with Gasteiger partial charge in [-0.25, -0.2) is 9.37 Å². The Morgan fingerprint density at radius 3 is 2.86 bits per heavy atom. The molecule has 0 radical (unpaired) electrons. The smallest absolute Gasteiger partial charge is 0.229 e. The van der Waals surface area contributed by atoms with Crippen molar-refractivity contribution in [1.29, 1.82) is 0 Å². The van der Waals surface area contributed by atoms with Crippen molar-refractivity contribution >= 4 is 29.8 Å². The molecule has 3 aromatic rings. The lowest BCUT2D eigenvalue weighted by atomic mass is 10.0. The average molecular weight is 392 g/mol. The molecule has 7 heteroatoms. The van der Waals surface area contributed by atoms with Crippen LogP contribution >= 0.6 is 0 Å². The third-order valence-electron chi connectivity index (χ3n) is 4.64. The summed E-state index contributed by atoms with van der Waals surface area (Å²) in [7, 11) is 0. The Morgan fingerprint density at radius 2 is 2.07 bits per heavy atom. The summed E-state index contributed by atoms with van der Waals surface area (Å²) in [5.41, 5.74) is 4.78. The number of fused-ring (bicyclic) bond motifs is 1. The second-order valence-electron chi connectivity index (χ2n) is 7.12. The van der Waals surface area contributed by atoms with Crippen LogP contribution in [-0.4, -0.2) is 15.1 Å². The first kappa shape index (κ1) is 18.7. The van der Waals surface area contributed by atoms with Crippen molar-refractivity contribution in [3.63, 3.8) is 0 Å². The SMILES string of the molecule is CC(C)c1cccc(Nc2nc(NC3=CC=c4oc(=CO)cc4C3)ncc2F)c1. The number of furan rings is 1. The van der Waals surface area contributed by atoms with Gasteiger partial charge in [-0.15, -0.1) is 0 Å². The molecule has 0 bridgehead atoms. The number of rotatable bonds is 5. The number of halogens is 1. The molecule has 4 rings (SSSR count). The number of benzene rings is 1. The number of aliphatic hydroxyl groups excluding tert-OH is 1. The van der Waals surface area contributed by atoms with Crippen LogP contribution in [0.25, 0.3) is 12.3 Å². The van der Waals surface area contributed by atoms with Gasteiger partial charge in [0, 0.05) is 23.4 Å². The van der Waals surface area contributed by atoms with E-state index in [0.717, 1.165) is 35.0 Å². The quantitative estimate of drug-likeness (QED) is 0.614. The lowest BCUT2D eigenvalue weighted by Crippen LogP contribution is -2.15. The highest BCUT2D eigenvalue weighted by Gasteiger charge is 2.13. The number of nitrogens with zero attached hydrogens (tertiary/aromatic N) is 2. The minimum absolute atomic E-state index is 0.102. The normalized spacial score (nSPS) is 13.7. The Kier molecular flexibility index (Phi) is 5.03. The molecule has 2 aromatic heterocycles. The van der Waals surface area contributed by atoms with Gasteiger partial charge in [0.1, 0.15) is 11.7 Å². The zero-order valence-electron chi connectivity index (χ0n) is 16.1. The summed E-state index contributed by atoms with van der Waals surface area (Å²) >= 11 is 0. The molecule has 1 aliphatic carbocycles. The number of hydrogen-bond acceptors (Lipinski definition) is 6. The van der Waals surface area contributed by atoms with Crippen LogP contribution in [0.4, 0.5) is 21.8 Å². The van der Waals surface area contributed by atoms with Gasteiger partial charge in [-0.05, 0) is 41.8 Å². The Morgan fingerprint density at radius 1 is 1.21 bits per heavy atom. The van der Waals surface area contributed by atoms with E-state index in [4.69, 9.17) is 9.52 Å². The molecule has 1 aromatic carbocycles. The summed E-state index contributed by atoms with van der Waals surface area (Å²) in [6.07, 6.45) is 6.27. The summed E-state index contributed by atoms with van der Waals surface area (Å²) in [6, 6.07) is 9.58. The fraction of sp³-hybridized carbons (Fsp3) is 0.182. The fourth-order valence-electron chi connectivity index (χ4n) is 3.10. The van der Waals surface area contributed by atoms with Gasteiger partial charge in [-0.2, -0.15) is 4.98 Å². The lowest BCUT2D eigenvalue weighted by molar-refractivity contribution is 0.463. The summed E-state index contributed by atoms with van der Waals surface area (Å²) < 4.78 is 19.7. The van der Waals surface area contributed by atoms with Gasteiger partial charge >= 0.3 is 0 Å². The molecule has 2 heterocycles. The fourth-order valence-corrected chi connectivity index (χ4v) is 3.10. The van der Waals surface area contributed by atoms with Crippen molar-refractivity contribution in [2.45, 2.75) is 26.2 Å². The van der Waals surface area contributed by atoms with E-state index in [1.54, 1.807) is 12.1 Å². The predicted octanol–water partition coefficient (Wildman–Crippen LogP) is 3.70. The molecule has 0 aliphatic heterocycles. The van der Waals surface area contributed by atoms with Crippen LogP contribution in [0.15, 0.2) is 52.7 Å². The Bertz CT molecular complexity index is 1200. The third-order valence-corrected chi connectivity index (χ3v) is 4.64. The molecule has 0 saturated carbocycles. The zero-order valence-corrected chi connectivity index (χ0v) is 16.1. The summed E-state index contributed by atoms with van der Waals surface area (Å²) in [4.78, 5) is 8.32. The largest absolute Gasteiger partial charge is 0.512 e. The molecule has 148 valence electrons. The van der Waals surface area contributed by atoms with Crippen LogP contribution in [0.1, 0.15) is 30.9 Å². The highest BCUT2D eigenvalue weighted by atomic mass is 19.1. The average Bonchev–Trinajstić information content (AvgIpc) is 3.13. The summed E-state index contributed by atoms with van der Waals surface area (Å²) in [5.74, 6) is 0.227. The van der Waals surface area contributed by atoms with Gasteiger partial charge in [0.05, 0.1) is 6.20 Å². The topological polar surface area (TPSA) is 83.2 Å². The molecule has 0 atom stereocenters. The first-order valence-electron chi connectivity index (χ1n) is 9.32. The van der Waals surface area contributed by atoms with E-state index in [2.05, 4.69) is 34.4 Å². The van der Waals surface area contributed by atoms with E-state index in [1.807, 2.05) is 30.3 Å². The molecule has 0 unspecified atom stereocenters. The van der Waals surface area contributed by atoms with Crippen molar-refractivity contribution in [3.05, 3.63) is 76.1 Å². The van der Waals surface area contributed by atoms with Gasteiger partial charge in [0.25, 0.3) is 0 Å². The maximum absolute atomic E-state index is 14.3. The predicted molar refractivity (Wildman–Crippen MR) is 111 cm³/mol. The monoisotopic (exact) mass is 392 g/mol. The Hall–Kier alpha value is -3.61. The third kappa shape index (κ3) is 4.13. The van der Waals surface area contributed by atoms with Gasteiger partial charge in [0.2, 0.25) is 5.95 Å². The molecule has 0 amide bonds. The molecule has 3 N–H and O–H groups in total. The number of anilines is 3. The van der Waals surface area contributed by atoms with E-state index in [9.17, 15) is 4.39 Å². The van der Waals surface area contributed by atoms with Crippen molar-refractivity contribution in [2.75, 3.05) is 10.6 Å². The van der Waals surface area contributed by atoms with E-state index < -0.39 is 5.82 Å². The van der Waals surface area contributed by atoms with Crippen molar-refractivity contribution in [3.8, 4) is 0 Å². The standard InChI is InChI=1S/C22H21FN4O2/c1-13(2)14-4-3-5-16(8-14)25-21-19(23)11-24-22(27-21)26-17-6-7-20-15(9-17)10-18(12-28)29-20/h3-8,10-13,28H,9H2,1-2H3,(H2,24,25,26,27). The first-order chi connectivity index (χ1) is 14.0. The highest BCUT2D eigenvalue weighted by Crippen LogP contribution is 2.23. The van der Waals surface area contributed by atoms with Crippen LogP contribution in [0, 0.1) is 5.82 Å².